The van der Waals surface area contributed by atoms with E-state index in [1.807, 2.05) is 6.92 Å². The Kier molecular flexibility index (Phi) is 5.09. The van der Waals surface area contributed by atoms with Crippen molar-refractivity contribution in [2.75, 3.05) is 13.6 Å². The zero-order valence-electron chi connectivity index (χ0n) is 11.5. The van der Waals surface area contributed by atoms with Gasteiger partial charge in [-0.3, -0.25) is 4.79 Å². The average Bonchev–Trinajstić information content (AvgIpc) is 2.96. The Morgan fingerprint density at radius 1 is 1.43 bits per heavy atom. The number of benzene rings is 1. The van der Waals surface area contributed by atoms with Gasteiger partial charge < -0.3 is 14.1 Å². The third-order valence-electron chi connectivity index (χ3n) is 2.76. The van der Waals surface area contributed by atoms with Crippen LogP contribution >= 0.6 is 23.2 Å². The second kappa shape index (κ2) is 6.83. The highest BCUT2D eigenvalue weighted by Crippen LogP contribution is 2.26. The standard InChI is InChI=1S/C14H14Cl2N2O3/c1-9(21-10-3-4-11(15)12(16)5-10)6-18(2)14(19)13-7-20-8-17-13/h3-5,7-9H,6H2,1-2H3/t9-/m1/s1. The third-order valence-corrected chi connectivity index (χ3v) is 3.50. The molecule has 0 saturated heterocycles. The highest BCUT2D eigenvalue weighted by molar-refractivity contribution is 6.42. The van der Waals surface area contributed by atoms with Crippen molar-refractivity contribution in [1.29, 1.82) is 0 Å². The number of ether oxygens (including phenoxy) is 1. The molecule has 0 bridgehead atoms. The summed E-state index contributed by atoms with van der Waals surface area (Å²) in [4.78, 5) is 17.3. The highest BCUT2D eigenvalue weighted by atomic mass is 35.5. The summed E-state index contributed by atoms with van der Waals surface area (Å²) in [6, 6.07) is 5.03. The average molecular weight is 329 g/mol. The van der Waals surface area contributed by atoms with E-state index in [1.54, 1.807) is 25.2 Å². The molecule has 7 heteroatoms. The number of hydrogen-bond acceptors (Lipinski definition) is 4. The number of oxazole rings is 1. The van der Waals surface area contributed by atoms with E-state index in [4.69, 9.17) is 32.4 Å². The van der Waals surface area contributed by atoms with Gasteiger partial charge in [-0.1, -0.05) is 23.2 Å². The predicted molar refractivity (Wildman–Crippen MR) is 80.0 cm³/mol. The van der Waals surface area contributed by atoms with E-state index in [0.717, 1.165) is 0 Å². The van der Waals surface area contributed by atoms with Gasteiger partial charge in [0, 0.05) is 13.1 Å². The molecule has 5 nitrogen and oxygen atoms in total. The Hall–Kier alpha value is -1.72. The molecule has 0 aliphatic heterocycles. The van der Waals surface area contributed by atoms with Crippen LogP contribution in [0.1, 0.15) is 17.4 Å². The smallest absolute Gasteiger partial charge is 0.275 e. The zero-order chi connectivity index (χ0) is 15.4. The Morgan fingerprint density at radius 3 is 2.81 bits per heavy atom. The molecule has 1 aromatic heterocycles. The molecule has 112 valence electrons. The van der Waals surface area contributed by atoms with Crippen molar-refractivity contribution in [1.82, 2.24) is 9.88 Å². The number of likely N-dealkylation sites (N-methyl/N-ethyl adjacent to an activating group) is 1. The minimum Gasteiger partial charge on any atom is -0.489 e. The number of nitrogens with zero attached hydrogens (tertiary/aromatic N) is 2. The SMILES string of the molecule is C[C@H](CN(C)C(=O)c1cocn1)Oc1ccc(Cl)c(Cl)c1. The van der Waals surface area contributed by atoms with Crippen LogP contribution in [0.2, 0.25) is 10.0 Å². The molecule has 0 aliphatic carbocycles. The van der Waals surface area contributed by atoms with Crippen LogP contribution in [0, 0.1) is 0 Å². The number of halogens is 2. The lowest BCUT2D eigenvalue weighted by atomic mass is 10.3. The summed E-state index contributed by atoms with van der Waals surface area (Å²) in [6.45, 7) is 2.25. The summed E-state index contributed by atoms with van der Waals surface area (Å²) in [5.41, 5.74) is 0.263. The molecule has 1 atom stereocenters. The molecule has 1 aromatic carbocycles. The number of hydrogen-bond donors (Lipinski definition) is 0. The van der Waals surface area contributed by atoms with Gasteiger partial charge in [0.2, 0.25) is 0 Å². The molecular weight excluding hydrogens is 315 g/mol. The largest absolute Gasteiger partial charge is 0.489 e. The summed E-state index contributed by atoms with van der Waals surface area (Å²) in [5, 5.41) is 0.892. The molecule has 2 rings (SSSR count). The van der Waals surface area contributed by atoms with Gasteiger partial charge in [0.1, 0.15) is 18.1 Å². The van der Waals surface area contributed by atoms with E-state index in [-0.39, 0.29) is 17.7 Å². The van der Waals surface area contributed by atoms with Crippen LogP contribution in [0.4, 0.5) is 0 Å². The Labute approximate surface area is 132 Å². The van der Waals surface area contributed by atoms with Crippen molar-refractivity contribution in [2.45, 2.75) is 13.0 Å². The van der Waals surface area contributed by atoms with Crippen molar-refractivity contribution in [3.63, 3.8) is 0 Å². The van der Waals surface area contributed by atoms with Crippen LogP contribution in [0.25, 0.3) is 0 Å². The molecule has 2 aromatic rings. The lowest BCUT2D eigenvalue weighted by molar-refractivity contribution is 0.0721. The number of aromatic nitrogens is 1. The molecule has 0 aliphatic rings. The van der Waals surface area contributed by atoms with Crippen LogP contribution in [0.3, 0.4) is 0 Å². The number of carbonyl (C=O) groups is 1. The van der Waals surface area contributed by atoms with Crippen LogP contribution in [-0.2, 0) is 0 Å². The first-order valence-electron chi connectivity index (χ1n) is 6.22. The van der Waals surface area contributed by atoms with Crippen molar-refractivity contribution >= 4 is 29.1 Å². The lowest BCUT2D eigenvalue weighted by Gasteiger charge is -2.22. The molecule has 0 fully saturated rings. The minimum atomic E-state index is -0.228. The maximum absolute atomic E-state index is 12.0. The fourth-order valence-corrected chi connectivity index (χ4v) is 2.09. The maximum Gasteiger partial charge on any atom is 0.275 e. The highest BCUT2D eigenvalue weighted by Gasteiger charge is 2.17. The van der Waals surface area contributed by atoms with Crippen LogP contribution < -0.4 is 4.74 Å². The van der Waals surface area contributed by atoms with Crippen LogP contribution in [0.15, 0.2) is 35.3 Å². The Morgan fingerprint density at radius 2 is 2.19 bits per heavy atom. The van der Waals surface area contributed by atoms with Gasteiger partial charge in [-0.25, -0.2) is 4.98 Å². The van der Waals surface area contributed by atoms with E-state index >= 15 is 0 Å². The Balaban J connectivity index is 1.93. The topological polar surface area (TPSA) is 55.6 Å². The van der Waals surface area contributed by atoms with Gasteiger partial charge in [0.25, 0.3) is 5.91 Å². The summed E-state index contributed by atoms with van der Waals surface area (Å²) >= 11 is 11.8. The Bertz CT molecular complexity index is 617. The maximum atomic E-state index is 12.0. The molecule has 21 heavy (non-hydrogen) atoms. The molecule has 0 spiro atoms. The molecule has 1 amide bonds. The first kappa shape index (κ1) is 15.7. The fourth-order valence-electron chi connectivity index (χ4n) is 1.80. The van der Waals surface area contributed by atoms with Gasteiger partial charge in [-0.2, -0.15) is 0 Å². The first-order chi connectivity index (χ1) is 9.97. The molecule has 0 N–H and O–H groups in total. The quantitative estimate of drug-likeness (QED) is 0.842. The molecule has 1 heterocycles. The normalized spacial score (nSPS) is 12.0. The second-order valence-electron chi connectivity index (χ2n) is 4.56. The van der Waals surface area contributed by atoms with Crippen molar-refractivity contribution < 1.29 is 13.9 Å². The van der Waals surface area contributed by atoms with E-state index in [2.05, 4.69) is 4.98 Å². The van der Waals surface area contributed by atoms with Crippen LogP contribution in [-0.4, -0.2) is 35.5 Å². The van der Waals surface area contributed by atoms with Gasteiger partial charge in [0.05, 0.1) is 16.6 Å². The first-order valence-corrected chi connectivity index (χ1v) is 6.98. The molecular formula is C14H14Cl2N2O3. The summed E-state index contributed by atoms with van der Waals surface area (Å²) in [5.74, 6) is 0.368. The van der Waals surface area contributed by atoms with Gasteiger partial charge >= 0.3 is 0 Å². The number of rotatable bonds is 5. The monoisotopic (exact) mass is 328 g/mol. The van der Waals surface area contributed by atoms with E-state index in [0.29, 0.717) is 22.3 Å². The van der Waals surface area contributed by atoms with Crippen LogP contribution in [0.5, 0.6) is 5.75 Å². The number of carbonyl (C=O) groups excluding carboxylic acids is 1. The molecule has 0 unspecified atom stereocenters. The third kappa shape index (κ3) is 4.12. The summed E-state index contributed by atoms with van der Waals surface area (Å²) in [7, 11) is 1.67. The summed E-state index contributed by atoms with van der Waals surface area (Å²) < 4.78 is 10.5. The predicted octanol–water partition coefficient (Wildman–Crippen LogP) is 3.52. The minimum absolute atomic E-state index is 0.219. The van der Waals surface area contributed by atoms with Crippen molar-refractivity contribution in [3.05, 3.63) is 46.6 Å². The van der Waals surface area contributed by atoms with E-state index < -0.39 is 0 Å². The van der Waals surface area contributed by atoms with Gasteiger partial charge in [0.15, 0.2) is 12.1 Å². The van der Waals surface area contributed by atoms with Crippen molar-refractivity contribution in [3.8, 4) is 5.75 Å². The summed E-state index contributed by atoms with van der Waals surface area (Å²) in [6.07, 6.45) is 2.31. The van der Waals surface area contributed by atoms with Gasteiger partial charge in [-0.05, 0) is 19.1 Å². The van der Waals surface area contributed by atoms with Crippen molar-refractivity contribution in [2.24, 2.45) is 0 Å². The van der Waals surface area contributed by atoms with E-state index in [9.17, 15) is 4.79 Å². The zero-order valence-corrected chi connectivity index (χ0v) is 13.1. The van der Waals surface area contributed by atoms with Gasteiger partial charge in [-0.15, -0.1) is 0 Å². The molecule has 0 saturated carbocycles. The molecule has 0 radical (unpaired) electrons. The fraction of sp³-hybridized carbons (Fsp3) is 0.286. The lowest BCUT2D eigenvalue weighted by Crippen LogP contribution is -2.35. The van der Waals surface area contributed by atoms with E-state index in [1.165, 1.54) is 17.6 Å². The number of amides is 1. The second-order valence-corrected chi connectivity index (χ2v) is 5.38.